The summed E-state index contributed by atoms with van der Waals surface area (Å²) >= 11 is 0. The van der Waals surface area contributed by atoms with Gasteiger partial charge in [-0.25, -0.2) is 4.68 Å². The number of aromatic nitrogens is 3. The van der Waals surface area contributed by atoms with E-state index in [0.717, 1.165) is 29.1 Å². The summed E-state index contributed by atoms with van der Waals surface area (Å²) in [6, 6.07) is 18.5. The molecule has 0 aliphatic carbocycles. The number of rotatable bonds is 5. The molecule has 1 aromatic heterocycles. The van der Waals surface area contributed by atoms with Crippen LogP contribution in [0.3, 0.4) is 0 Å². The zero-order valence-electron chi connectivity index (χ0n) is 13.2. The largest absolute Gasteiger partial charge is 0.325 e. The van der Waals surface area contributed by atoms with Gasteiger partial charge in [-0.15, -0.1) is 5.10 Å². The molecule has 23 heavy (non-hydrogen) atoms. The molecule has 4 heteroatoms. The Morgan fingerprint density at radius 2 is 1.74 bits per heavy atom. The first-order chi connectivity index (χ1) is 11.3. The van der Waals surface area contributed by atoms with Crippen molar-refractivity contribution in [3.05, 3.63) is 77.1 Å². The lowest BCUT2D eigenvalue weighted by Gasteiger charge is -2.05. The second-order valence-electron chi connectivity index (χ2n) is 5.30. The smallest absolute Gasteiger partial charge is 0.104 e. The van der Waals surface area contributed by atoms with E-state index in [1.54, 1.807) is 0 Å². The van der Waals surface area contributed by atoms with Crippen molar-refractivity contribution in [3.8, 4) is 5.69 Å². The van der Waals surface area contributed by atoms with Gasteiger partial charge in [-0.05, 0) is 35.8 Å². The predicted octanol–water partition coefficient (Wildman–Crippen LogP) is 3.46. The molecule has 0 atom stereocenters. The van der Waals surface area contributed by atoms with Crippen molar-refractivity contribution in [2.75, 3.05) is 0 Å². The number of benzene rings is 2. The van der Waals surface area contributed by atoms with E-state index in [-0.39, 0.29) is 0 Å². The molecular formula is C19H20N4. The Kier molecular flexibility index (Phi) is 4.64. The SMILES string of the molecule is CCc1ccc(-n2nnc(CN)c2/C=C/c2ccccc2)cc1. The fourth-order valence-corrected chi connectivity index (χ4v) is 2.44. The first kappa shape index (κ1) is 15.2. The summed E-state index contributed by atoms with van der Waals surface area (Å²) in [5, 5.41) is 8.46. The van der Waals surface area contributed by atoms with Crippen molar-refractivity contribution in [2.24, 2.45) is 5.73 Å². The van der Waals surface area contributed by atoms with Crippen LogP contribution in [0, 0.1) is 0 Å². The molecule has 0 fully saturated rings. The Labute approximate surface area is 136 Å². The van der Waals surface area contributed by atoms with Crippen molar-refractivity contribution in [1.82, 2.24) is 15.0 Å². The number of nitrogens with zero attached hydrogens (tertiary/aromatic N) is 3. The fourth-order valence-electron chi connectivity index (χ4n) is 2.44. The summed E-state index contributed by atoms with van der Waals surface area (Å²) in [4.78, 5) is 0. The quantitative estimate of drug-likeness (QED) is 0.785. The Bertz CT molecular complexity index is 786. The van der Waals surface area contributed by atoms with E-state index in [4.69, 9.17) is 5.73 Å². The van der Waals surface area contributed by atoms with Gasteiger partial charge in [0.15, 0.2) is 0 Å². The van der Waals surface area contributed by atoms with Crippen LogP contribution in [0.2, 0.25) is 0 Å². The highest BCUT2D eigenvalue weighted by atomic mass is 15.4. The molecule has 0 saturated carbocycles. The summed E-state index contributed by atoms with van der Waals surface area (Å²) in [5.41, 5.74) is 10.9. The third-order valence-corrected chi connectivity index (χ3v) is 3.79. The van der Waals surface area contributed by atoms with Crippen LogP contribution < -0.4 is 5.73 Å². The van der Waals surface area contributed by atoms with Crippen molar-refractivity contribution in [1.29, 1.82) is 0 Å². The molecule has 116 valence electrons. The second-order valence-corrected chi connectivity index (χ2v) is 5.30. The zero-order valence-corrected chi connectivity index (χ0v) is 13.2. The molecule has 3 rings (SSSR count). The highest BCUT2D eigenvalue weighted by Crippen LogP contribution is 2.17. The molecular weight excluding hydrogens is 284 g/mol. The minimum atomic E-state index is 0.363. The van der Waals surface area contributed by atoms with Crippen molar-refractivity contribution >= 4 is 12.2 Å². The molecule has 0 aliphatic rings. The molecule has 0 aliphatic heterocycles. The molecule has 2 N–H and O–H groups in total. The summed E-state index contributed by atoms with van der Waals surface area (Å²) in [5.74, 6) is 0. The molecule has 0 saturated heterocycles. The van der Waals surface area contributed by atoms with Crippen molar-refractivity contribution in [3.63, 3.8) is 0 Å². The summed E-state index contributed by atoms with van der Waals surface area (Å²) in [6.45, 7) is 2.51. The maximum Gasteiger partial charge on any atom is 0.104 e. The number of hydrogen-bond donors (Lipinski definition) is 1. The Hall–Kier alpha value is -2.72. The minimum Gasteiger partial charge on any atom is -0.325 e. The maximum absolute atomic E-state index is 5.81. The Morgan fingerprint density at radius 1 is 1.00 bits per heavy atom. The van der Waals surface area contributed by atoms with Gasteiger partial charge in [0.1, 0.15) is 5.69 Å². The highest BCUT2D eigenvalue weighted by molar-refractivity contribution is 5.69. The summed E-state index contributed by atoms with van der Waals surface area (Å²) < 4.78 is 1.83. The van der Waals surface area contributed by atoms with Crippen LogP contribution in [0.25, 0.3) is 17.8 Å². The topological polar surface area (TPSA) is 56.7 Å². The molecule has 0 spiro atoms. The fraction of sp³-hybridized carbons (Fsp3) is 0.158. The lowest BCUT2D eigenvalue weighted by molar-refractivity contribution is 0.792. The van der Waals surface area contributed by atoms with E-state index >= 15 is 0 Å². The third kappa shape index (κ3) is 3.38. The van der Waals surface area contributed by atoms with E-state index < -0.39 is 0 Å². The molecule has 1 heterocycles. The van der Waals surface area contributed by atoms with Crippen LogP contribution in [-0.4, -0.2) is 15.0 Å². The highest BCUT2D eigenvalue weighted by Gasteiger charge is 2.10. The van der Waals surface area contributed by atoms with E-state index in [9.17, 15) is 0 Å². The van der Waals surface area contributed by atoms with Gasteiger partial charge in [0.2, 0.25) is 0 Å². The average molecular weight is 304 g/mol. The number of aryl methyl sites for hydroxylation is 1. The van der Waals surface area contributed by atoms with Crippen LogP contribution in [0.15, 0.2) is 54.6 Å². The molecule has 0 amide bonds. The molecule has 0 bridgehead atoms. The number of nitrogens with two attached hydrogens (primary N) is 1. The monoisotopic (exact) mass is 304 g/mol. The lowest BCUT2D eigenvalue weighted by atomic mass is 10.1. The van der Waals surface area contributed by atoms with Crippen LogP contribution in [0.4, 0.5) is 0 Å². The second kappa shape index (κ2) is 7.03. The van der Waals surface area contributed by atoms with Crippen LogP contribution in [0.1, 0.15) is 29.4 Å². The summed E-state index contributed by atoms with van der Waals surface area (Å²) in [6.07, 6.45) is 5.09. The van der Waals surface area contributed by atoms with Gasteiger partial charge in [0.05, 0.1) is 11.4 Å². The van der Waals surface area contributed by atoms with Gasteiger partial charge >= 0.3 is 0 Å². The zero-order chi connectivity index (χ0) is 16.1. The van der Waals surface area contributed by atoms with E-state index in [1.807, 2.05) is 29.0 Å². The normalized spacial score (nSPS) is 11.2. The van der Waals surface area contributed by atoms with Gasteiger partial charge in [-0.2, -0.15) is 0 Å². The maximum atomic E-state index is 5.81. The van der Waals surface area contributed by atoms with E-state index in [2.05, 4.69) is 59.7 Å². The predicted molar refractivity (Wildman–Crippen MR) is 94.0 cm³/mol. The molecule has 0 unspecified atom stereocenters. The van der Waals surface area contributed by atoms with Crippen molar-refractivity contribution < 1.29 is 0 Å². The van der Waals surface area contributed by atoms with E-state index in [1.165, 1.54) is 5.56 Å². The van der Waals surface area contributed by atoms with E-state index in [0.29, 0.717) is 6.54 Å². The van der Waals surface area contributed by atoms with Crippen LogP contribution in [-0.2, 0) is 13.0 Å². The average Bonchev–Trinajstić information content (AvgIpc) is 3.04. The minimum absolute atomic E-state index is 0.363. The van der Waals surface area contributed by atoms with Gasteiger partial charge in [0, 0.05) is 6.54 Å². The molecule has 2 aromatic carbocycles. The number of hydrogen-bond acceptors (Lipinski definition) is 3. The Morgan fingerprint density at radius 3 is 2.39 bits per heavy atom. The first-order valence-corrected chi connectivity index (χ1v) is 7.79. The summed E-state index contributed by atoms with van der Waals surface area (Å²) in [7, 11) is 0. The molecule has 0 radical (unpaired) electrons. The van der Waals surface area contributed by atoms with Gasteiger partial charge in [-0.1, -0.05) is 60.7 Å². The third-order valence-electron chi connectivity index (χ3n) is 3.79. The van der Waals surface area contributed by atoms with Gasteiger partial charge in [0.25, 0.3) is 0 Å². The first-order valence-electron chi connectivity index (χ1n) is 7.79. The Balaban J connectivity index is 1.98. The van der Waals surface area contributed by atoms with Crippen LogP contribution >= 0.6 is 0 Å². The molecule has 3 aromatic rings. The molecule has 4 nitrogen and oxygen atoms in total. The van der Waals surface area contributed by atoms with Crippen LogP contribution in [0.5, 0.6) is 0 Å². The van der Waals surface area contributed by atoms with Gasteiger partial charge in [-0.3, -0.25) is 0 Å². The van der Waals surface area contributed by atoms with Crippen molar-refractivity contribution in [2.45, 2.75) is 19.9 Å². The van der Waals surface area contributed by atoms with Gasteiger partial charge < -0.3 is 5.73 Å². The lowest BCUT2D eigenvalue weighted by Crippen LogP contribution is -2.02. The standard InChI is InChI=1S/C19H20N4/c1-2-15-8-11-17(12-9-15)23-19(18(14-20)21-22-23)13-10-16-6-4-3-5-7-16/h3-13H,2,14,20H2,1H3/b13-10+.